The summed E-state index contributed by atoms with van der Waals surface area (Å²) >= 11 is 0. The predicted octanol–water partition coefficient (Wildman–Crippen LogP) is 2.53. The molecule has 5 nitrogen and oxygen atoms in total. The fraction of sp³-hybridized carbons (Fsp3) is 0.588. The standard InChI is InChI=1S/C17H27NO4/c1-4-11-20-12-16(22-14-9-7-6-8-10-14)13(3)21-17(19)15(18)5-2/h6-10,13,15-16H,4-5,11-12,18H2,1-3H3/t13-,15-,16+/m0/s1. The van der Waals surface area contributed by atoms with Gasteiger partial charge < -0.3 is 19.9 Å². The molecule has 124 valence electrons. The van der Waals surface area contributed by atoms with E-state index in [1.165, 1.54) is 0 Å². The molecule has 0 heterocycles. The van der Waals surface area contributed by atoms with Crippen LogP contribution in [0.15, 0.2) is 30.3 Å². The molecule has 0 spiro atoms. The van der Waals surface area contributed by atoms with Gasteiger partial charge in [-0.3, -0.25) is 4.79 Å². The maximum atomic E-state index is 11.8. The summed E-state index contributed by atoms with van der Waals surface area (Å²) in [6.45, 7) is 6.68. The molecular formula is C17H27NO4. The van der Waals surface area contributed by atoms with Gasteiger partial charge in [0.1, 0.15) is 17.9 Å². The second-order valence-electron chi connectivity index (χ2n) is 5.20. The van der Waals surface area contributed by atoms with E-state index >= 15 is 0 Å². The number of esters is 1. The van der Waals surface area contributed by atoms with E-state index < -0.39 is 18.1 Å². The Morgan fingerprint density at radius 1 is 1.23 bits per heavy atom. The Hall–Kier alpha value is -1.59. The van der Waals surface area contributed by atoms with Crippen molar-refractivity contribution >= 4 is 5.97 Å². The number of carbonyl (C=O) groups is 1. The first-order valence-electron chi connectivity index (χ1n) is 7.84. The quantitative estimate of drug-likeness (QED) is 0.531. The molecule has 0 saturated heterocycles. The van der Waals surface area contributed by atoms with E-state index in [-0.39, 0.29) is 6.10 Å². The number of rotatable bonds is 10. The summed E-state index contributed by atoms with van der Waals surface area (Å²) in [5, 5.41) is 0. The van der Waals surface area contributed by atoms with Crippen LogP contribution in [-0.2, 0) is 14.3 Å². The zero-order valence-corrected chi connectivity index (χ0v) is 13.7. The Bertz CT molecular complexity index is 424. The van der Waals surface area contributed by atoms with Gasteiger partial charge in [-0.05, 0) is 31.9 Å². The first kappa shape index (κ1) is 18.5. The average molecular weight is 309 g/mol. The number of hydrogen-bond donors (Lipinski definition) is 1. The van der Waals surface area contributed by atoms with Crippen molar-refractivity contribution in [2.45, 2.75) is 51.9 Å². The van der Waals surface area contributed by atoms with E-state index in [9.17, 15) is 4.79 Å². The molecule has 2 N–H and O–H groups in total. The molecule has 1 aromatic rings. The first-order valence-corrected chi connectivity index (χ1v) is 7.84. The van der Waals surface area contributed by atoms with Crippen LogP contribution in [0.5, 0.6) is 5.75 Å². The minimum Gasteiger partial charge on any atom is -0.484 e. The lowest BCUT2D eigenvalue weighted by Gasteiger charge is -2.26. The van der Waals surface area contributed by atoms with Crippen molar-refractivity contribution in [3.8, 4) is 5.75 Å². The van der Waals surface area contributed by atoms with E-state index in [1.54, 1.807) is 6.92 Å². The molecule has 0 aliphatic carbocycles. The van der Waals surface area contributed by atoms with Crippen molar-refractivity contribution < 1.29 is 19.0 Å². The monoisotopic (exact) mass is 309 g/mol. The second-order valence-corrected chi connectivity index (χ2v) is 5.20. The van der Waals surface area contributed by atoms with Gasteiger partial charge >= 0.3 is 5.97 Å². The minimum absolute atomic E-state index is 0.360. The molecule has 22 heavy (non-hydrogen) atoms. The molecule has 0 radical (unpaired) electrons. The van der Waals surface area contributed by atoms with Crippen molar-refractivity contribution in [1.82, 2.24) is 0 Å². The van der Waals surface area contributed by atoms with Gasteiger partial charge in [0.05, 0.1) is 6.61 Å². The van der Waals surface area contributed by atoms with Crippen molar-refractivity contribution in [2.24, 2.45) is 5.73 Å². The maximum absolute atomic E-state index is 11.8. The van der Waals surface area contributed by atoms with E-state index in [2.05, 4.69) is 0 Å². The summed E-state index contributed by atoms with van der Waals surface area (Å²) in [5.74, 6) is 0.308. The second kappa shape index (κ2) is 10.2. The summed E-state index contributed by atoms with van der Waals surface area (Å²) in [6, 6.07) is 8.82. The fourth-order valence-electron chi connectivity index (χ4n) is 1.80. The molecule has 1 rings (SSSR count). The third-order valence-corrected chi connectivity index (χ3v) is 3.23. The number of nitrogens with two attached hydrogens (primary N) is 1. The highest BCUT2D eigenvalue weighted by Crippen LogP contribution is 2.15. The summed E-state index contributed by atoms with van der Waals surface area (Å²) in [5.41, 5.74) is 5.69. The highest BCUT2D eigenvalue weighted by Gasteiger charge is 2.25. The molecule has 0 aliphatic heterocycles. The van der Waals surface area contributed by atoms with Gasteiger partial charge in [0.2, 0.25) is 0 Å². The zero-order chi connectivity index (χ0) is 16.4. The molecule has 5 heteroatoms. The third-order valence-electron chi connectivity index (χ3n) is 3.23. The minimum atomic E-state index is -0.601. The lowest BCUT2D eigenvalue weighted by Crippen LogP contribution is -2.41. The molecule has 0 saturated carbocycles. The highest BCUT2D eigenvalue weighted by molar-refractivity contribution is 5.75. The van der Waals surface area contributed by atoms with Gasteiger partial charge in [0.15, 0.2) is 6.10 Å². The van der Waals surface area contributed by atoms with Crippen LogP contribution in [-0.4, -0.2) is 37.4 Å². The van der Waals surface area contributed by atoms with Crippen LogP contribution in [0, 0.1) is 0 Å². The van der Waals surface area contributed by atoms with Crippen LogP contribution in [0.4, 0.5) is 0 Å². The zero-order valence-electron chi connectivity index (χ0n) is 13.7. The van der Waals surface area contributed by atoms with Crippen molar-refractivity contribution in [3.63, 3.8) is 0 Å². The van der Waals surface area contributed by atoms with Gasteiger partial charge in [0.25, 0.3) is 0 Å². The third kappa shape index (κ3) is 6.45. The number of ether oxygens (including phenoxy) is 3. The highest BCUT2D eigenvalue weighted by atomic mass is 16.6. The number of carbonyl (C=O) groups excluding carboxylic acids is 1. The topological polar surface area (TPSA) is 70.8 Å². The molecular weight excluding hydrogens is 282 g/mol. The number of benzene rings is 1. The van der Waals surface area contributed by atoms with E-state index in [0.717, 1.165) is 12.2 Å². The number of hydrogen-bond acceptors (Lipinski definition) is 5. The first-order chi connectivity index (χ1) is 10.6. The molecule has 3 atom stereocenters. The molecule has 0 bridgehead atoms. The van der Waals surface area contributed by atoms with Crippen LogP contribution in [0.3, 0.4) is 0 Å². The van der Waals surface area contributed by atoms with Crippen molar-refractivity contribution in [1.29, 1.82) is 0 Å². The van der Waals surface area contributed by atoms with Crippen LogP contribution in [0.1, 0.15) is 33.6 Å². The lowest BCUT2D eigenvalue weighted by atomic mass is 10.2. The van der Waals surface area contributed by atoms with Crippen LogP contribution in [0.2, 0.25) is 0 Å². The van der Waals surface area contributed by atoms with Crippen LogP contribution >= 0.6 is 0 Å². The summed E-state index contributed by atoms with van der Waals surface area (Å²) in [7, 11) is 0. The van der Waals surface area contributed by atoms with Gasteiger partial charge in [-0.25, -0.2) is 0 Å². The van der Waals surface area contributed by atoms with Gasteiger partial charge in [-0.2, -0.15) is 0 Å². The Labute approximate surface area is 132 Å². The normalized spacial score (nSPS) is 14.9. The fourth-order valence-corrected chi connectivity index (χ4v) is 1.80. The smallest absolute Gasteiger partial charge is 0.323 e. The molecule has 1 aromatic carbocycles. The Morgan fingerprint density at radius 2 is 1.91 bits per heavy atom. The number of para-hydroxylation sites is 1. The summed E-state index contributed by atoms with van der Waals surface area (Å²) < 4.78 is 16.9. The maximum Gasteiger partial charge on any atom is 0.323 e. The molecule has 0 amide bonds. The molecule has 0 unspecified atom stereocenters. The molecule has 0 fully saturated rings. The lowest BCUT2D eigenvalue weighted by molar-refractivity contribution is -0.156. The van der Waals surface area contributed by atoms with Crippen LogP contribution in [0.25, 0.3) is 0 Å². The van der Waals surface area contributed by atoms with Gasteiger partial charge in [-0.1, -0.05) is 32.0 Å². The van der Waals surface area contributed by atoms with Gasteiger partial charge in [0, 0.05) is 6.61 Å². The Balaban J connectivity index is 2.65. The molecule has 0 aliphatic rings. The average Bonchev–Trinajstić information content (AvgIpc) is 2.54. The van der Waals surface area contributed by atoms with Crippen molar-refractivity contribution in [2.75, 3.05) is 13.2 Å². The largest absolute Gasteiger partial charge is 0.484 e. The SMILES string of the molecule is CCCOC[C@@H](Oc1ccccc1)[C@H](C)OC(=O)[C@@H](N)CC. The Kier molecular flexibility index (Phi) is 8.55. The van der Waals surface area contributed by atoms with Crippen LogP contribution < -0.4 is 10.5 Å². The summed E-state index contributed by atoms with van der Waals surface area (Å²) in [6.07, 6.45) is 0.652. The predicted molar refractivity (Wildman–Crippen MR) is 85.8 cm³/mol. The van der Waals surface area contributed by atoms with Crippen molar-refractivity contribution in [3.05, 3.63) is 30.3 Å². The Morgan fingerprint density at radius 3 is 2.50 bits per heavy atom. The van der Waals surface area contributed by atoms with Gasteiger partial charge in [-0.15, -0.1) is 0 Å². The molecule has 0 aromatic heterocycles. The summed E-state index contributed by atoms with van der Waals surface area (Å²) in [4.78, 5) is 11.8. The van der Waals surface area contributed by atoms with E-state index in [1.807, 2.05) is 44.2 Å². The van der Waals surface area contributed by atoms with E-state index in [0.29, 0.717) is 19.6 Å². The van der Waals surface area contributed by atoms with E-state index in [4.69, 9.17) is 19.9 Å².